The lowest BCUT2D eigenvalue weighted by atomic mass is 10.0. The van der Waals surface area contributed by atoms with Crippen LogP contribution in [0.1, 0.15) is 60.1 Å². The molecule has 1 fully saturated rings. The summed E-state index contributed by atoms with van der Waals surface area (Å²) in [5.41, 5.74) is 1.44. The largest absolute Gasteiger partial charge is 0.337 e. The van der Waals surface area contributed by atoms with Crippen LogP contribution in [-0.4, -0.2) is 37.3 Å². The zero-order valence-corrected chi connectivity index (χ0v) is 13.2. The van der Waals surface area contributed by atoms with E-state index in [4.69, 9.17) is 4.52 Å². The summed E-state index contributed by atoms with van der Waals surface area (Å²) in [5, 5.41) is 8.22. The van der Waals surface area contributed by atoms with Crippen molar-refractivity contribution in [2.45, 2.75) is 45.6 Å². The van der Waals surface area contributed by atoms with E-state index in [1.54, 1.807) is 11.7 Å². The molecule has 2 aromatic rings. The van der Waals surface area contributed by atoms with Gasteiger partial charge in [0, 0.05) is 20.0 Å². The fourth-order valence-electron chi connectivity index (χ4n) is 2.94. The Hall–Kier alpha value is -2.18. The van der Waals surface area contributed by atoms with Gasteiger partial charge < -0.3 is 9.42 Å². The van der Waals surface area contributed by atoms with Crippen LogP contribution < -0.4 is 0 Å². The van der Waals surface area contributed by atoms with Crippen LogP contribution in [0, 0.1) is 6.92 Å². The first-order chi connectivity index (χ1) is 10.6. The third-order valence-electron chi connectivity index (χ3n) is 4.07. The number of carbonyl (C=O) groups is 1. The highest BCUT2D eigenvalue weighted by Gasteiger charge is 2.33. The molecule has 0 spiro atoms. The van der Waals surface area contributed by atoms with Crippen LogP contribution in [0.3, 0.4) is 0 Å². The summed E-state index contributed by atoms with van der Waals surface area (Å²) in [5.74, 6) is 1.21. The maximum Gasteiger partial charge on any atom is 0.272 e. The summed E-state index contributed by atoms with van der Waals surface area (Å²) in [6.45, 7) is 4.57. The number of hydrogen-bond donors (Lipinski definition) is 0. The predicted octanol–water partition coefficient (Wildman–Crippen LogP) is 2.04. The van der Waals surface area contributed by atoms with Crippen molar-refractivity contribution in [3.05, 3.63) is 29.2 Å². The van der Waals surface area contributed by atoms with Crippen molar-refractivity contribution in [3.8, 4) is 0 Å². The average molecular weight is 303 g/mol. The Morgan fingerprint density at radius 2 is 2.27 bits per heavy atom. The van der Waals surface area contributed by atoms with E-state index in [1.165, 1.54) is 0 Å². The summed E-state index contributed by atoms with van der Waals surface area (Å²) >= 11 is 0. The van der Waals surface area contributed by atoms with Crippen molar-refractivity contribution in [1.82, 2.24) is 24.8 Å². The normalized spacial score (nSPS) is 18.7. The Morgan fingerprint density at radius 1 is 1.45 bits per heavy atom. The minimum atomic E-state index is -0.135. The van der Waals surface area contributed by atoms with Gasteiger partial charge in [-0.25, -0.2) is 0 Å². The molecular weight excluding hydrogens is 282 g/mol. The van der Waals surface area contributed by atoms with E-state index in [-0.39, 0.29) is 11.9 Å². The third-order valence-corrected chi connectivity index (χ3v) is 4.07. The zero-order chi connectivity index (χ0) is 15.7. The van der Waals surface area contributed by atoms with Gasteiger partial charge in [0.2, 0.25) is 5.89 Å². The number of carbonyl (C=O) groups excluding carboxylic acids is 1. The first kappa shape index (κ1) is 14.7. The summed E-state index contributed by atoms with van der Waals surface area (Å²) in [7, 11) is 1.79. The Kier molecular flexibility index (Phi) is 3.96. The molecule has 7 nitrogen and oxygen atoms in total. The van der Waals surface area contributed by atoms with Gasteiger partial charge in [0.05, 0.1) is 5.69 Å². The topological polar surface area (TPSA) is 77.0 Å². The highest BCUT2D eigenvalue weighted by Crippen LogP contribution is 2.31. The number of rotatable bonds is 3. The van der Waals surface area contributed by atoms with Gasteiger partial charge in [-0.2, -0.15) is 10.1 Å². The van der Waals surface area contributed by atoms with E-state index >= 15 is 0 Å². The van der Waals surface area contributed by atoms with Crippen molar-refractivity contribution in [1.29, 1.82) is 0 Å². The summed E-state index contributed by atoms with van der Waals surface area (Å²) in [4.78, 5) is 19.1. The molecule has 118 valence electrons. The lowest BCUT2D eigenvalue weighted by molar-refractivity contribution is 0.0550. The molecule has 7 heteroatoms. The van der Waals surface area contributed by atoms with E-state index in [2.05, 4.69) is 15.2 Å². The van der Waals surface area contributed by atoms with Crippen LogP contribution in [-0.2, 0) is 13.5 Å². The van der Waals surface area contributed by atoms with E-state index < -0.39 is 0 Å². The molecule has 0 aromatic carbocycles. The highest BCUT2D eigenvalue weighted by atomic mass is 16.5. The Morgan fingerprint density at radius 3 is 2.91 bits per heavy atom. The fraction of sp³-hybridized carbons (Fsp3) is 0.600. The average Bonchev–Trinajstić information content (AvgIpc) is 3.13. The molecule has 2 aromatic heterocycles. The standard InChI is InChI=1S/C15H21N5O2/c1-4-13-16-14(22-18-13)11-7-5-6-8-20(11)15(21)12-9-10(2)17-19(12)3/h9,11H,4-8H2,1-3H3/t11-/m1/s1. The molecule has 0 aliphatic carbocycles. The minimum absolute atomic E-state index is 0.0240. The molecular formula is C15H21N5O2. The molecule has 0 N–H and O–H groups in total. The van der Waals surface area contributed by atoms with Crippen molar-refractivity contribution < 1.29 is 9.32 Å². The van der Waals surface area contributed by atoms with Crippen molar-refractivity contribution in [3.63, 3.8) is 0 Å². The van der Waals surface area contributed by atoms with E-state index in [1.807, 2.05) is 24.8 Å². The Bertz CT molecular complexity index is 675. The van der Waals surface area contributed by atoms with Crippen LogP contribution in [0.25, 0.3) is 0 Å². The number of hydrogen-bond acceptors (Lipinski definition) is 5. The van der Waals surface area contributed by atoms with Crippen molar-refractivity contribution in [2.24, 2.45) is 7.05 Å². The maximum absolute atomic E-state index is 12.9. The second kappa shape index (κ2) is 5.90. The van der Waals surface area contributed by atoms with Crippen LogP contribution in [0.4, 0.5) is 0 Å². The molecule has 1 atom stereocenters. The van der Waals surface area contributed by atoms with Crippen LogP contribution >= 0.6 is 0 Å². The lowest BCUT2D eigenvalue weighted by Gasteiger charge is -2.33. The minimum Gasteiger partial charge on any atom is -0.337 e. The number of likely N-dealkylation sites (tertiary alicyclic amines) is 1. The van der Waals surface area contributed by atoms with Gasteiger partial charge in [0.25, 0.3) is 5.91 Å². The highest BCUT2D eigenvalue weighted by molar-refractivity contribution is 5.93. The first-order valence-corrected chi connectivity index (χ1v) is 7.74. The van der Waals surface area contributed by atoms with Crippen LogP contribution in [0.15, 0.2) is 10.6 Å². The molecule has 0 saturated carbocycles. The number of amides is 1. The second-order valence-electron chi connectivity index (χ2n) is 5.71. The molecule has 0 radical (unpaired) electrons. The second-order valence-corrected chi connectivity index (χ2v) is 5.71. The maximum atomic E-state index is 12.9. The number of aromatic nitrogens is 4. The van der Waals surface area contributed by atoms with Crippen molar-refractivity contribution >= 4 is 5.91 Å². The third kappa shape index (κ3) is 2.63. The van der Waals surface area contributed by atoms with Gasteiger partial charge in [-0.1, -0.05) is 12.1 Å². The van der Waals surface area contributed by atoms with E-state index in [9.17, 15) is 4.79 Å². The van der Waals surface area contributed by atoms with E-state index in [0.717, 1.165) is 31.4 Å². The summed E-state index contributed by atoms with van der Waals surface area (Å²) < 4.78 is 7.00. The molecule has 22 heavy (non-hydrogen) atoms. The smallest absolute Gasteiger partial charge is 0.272 e. The van der Waals surface area contributed by atoms with Gasteiger partial charge in [-0.15, -0.1) is 0 Å². The van der Waals surface area contributed by atoms with Crippen LogP contribution in [0.2, 0.25) is 0 Å². The molecule has 0 unspecified atom stereocenters. The fourth-order valence-corrected chi connectivity index (χ4v) is 2.94. The van der Waals surface area contributed by atoms with Crippen LogP contribution in [0.5, 0.6) is 0 Å². The van der Waals surface area contributed by atoms with Gasteiger partial charge in [0.1, 0.15) is 11.7 Å². The summed E-state index contributed by atoms with van der Waals surface area (Å²) in [6, 6.07) is 1.68. The molecule has 1 amide bonds. The van der Waals surface area contributed by atoms with Gasteiger partial charge in [-0.3, -0.25) is 9.48 Å². The molecule has 0 bridgehead atoms. The number of nitrogens with zero attached hydrogens (tertiary/aromatic N) is 5. The molecule has 1 aliphatic rings. The Balaban J connectivity index is 1.89. The predicted molar refractivity (Wildman–Crippen MR) is 79.2 cm³/mol. The molecule has 1 saturated heterocycles. The van der Waals surface area contributed by atoms with Gasteiger partial charge in [-0.05, 0) is 32.3 Å². The van der Waals surface area contributed by atoms with E-state index in [0.29, 0.717) is 24.0 Å². The van der Waals surface area contributed by atoms with Crippen molar-refractivity contribution in [2.75, 3.05) is 6.54 Å². The zero-order valence-electron chi connectivity index (χ0n) is 13.2. The Labute approximate surface area is 129 Å². The quantitative estimate of drug-likeness (QED) is 0.867. The molecule has 3 rings (SSSR count). The number of aryl methyl sites for hydroxylation is 3. The molecule has 3 heterocycles. The number of piperidine rings is 1. The van der Waals surface area contributed by atoms with Gasteiger partial charge >= 0.3 is 0 Å². The monoisotopic (exact) mass is 303 g/mol. The first-order valence-electron chi connectivity index (χ1n) is 7.74. The summed E-state index contributed by atoms with van der Waals surface area (Å²) in [6.07, 6.45) is 3.63. The van der Waals surface area contributed by atoms with Gasteiger partial charge in [0.15, 0.2) is 5.82 Å². The lowest BCUT2D eigenvalue weighted by Crippen LogP contribution is -2.39. The SMILES string of the molecule is CCc1noc([C@H]2CCCCN2C(=O)c2cc(C)nn2C)n1. The molecule has 1 aliphatic heterocycles.